The number of carbonyl (C=O) groups excluding carboxylic acids is 1. The molecule has 5 heteroatoms. The van der Waals surface area contributed by atoms with E-state index in [1.165, 1.54) is 18.5 Å². The first-order valence-corrected chi connectivity index (χ1v) is 4.74. The number of pyridine rings is 1. The molecule has 5 nitrogen and oxygen atoms in total. The van der Waals surface area contributed by atoms with Gasteiger partial charge in [0, 0.05) is 18.7 Å². The van der Waals surface area contributed by atoms with Gasteiger partial charge in [0.2, 0.25) is 0 Å². The topological polar surface area (TPSA) is 76.3 Å². The molecule has 1 amide bonds. The summed E-state index contributed by atoms with van der Waals surface area (Å²) in [5.41, 5.74) is 0.317. The Hall–Kier alpha value is -1.62. The fraction of sp³-hybridized carbons (Fsp3) is 0.400. The quantitative estimate of drug-likeness (QED) is 0.534. The Bertz CT molecular complexity index is 341. The highest BCUT2D eigenvalue weighted by atomic mass is 16.5. The minimum Gasteiger partial charge on any atom is -0.619 e. The Kier molecular flexibility index (Phi) is 4.05. The number of hydrogen-bond acceptors (Lipinski definition) is 3. The Morgan fingerprint density at radius 3 is 3.07 bits per heavy atom. The minimum absolute atomic E-state index is 0.0256. The number of nitrogens with zero attached hydrogens (tertiary/aromatic N) is 1. The van der Waals surface area contributed by atoms with Gasteiger partial charge in [-0.25, -0.2) is 0 Å². The molecule has 1 heterocycles. The van der Waals surface area contributed by atoms with Crippen molar-refractivity contribution in [3.05, 3.63) is 35.3 Å². The average molecular weight is 210 g/mol. The fourth-order valence-electron chi connectivity index (χ4n) is 1.16. The SMILES string of the molecule is CC(CCO)NC(=O)c1ccc[n+]([O-])c1. The third-order valence-corrected chi connectivity index (χ3v) is 1.98. The molecule has 0 bridgehead atoms. The molecule has 0 fully saturated rings. The van der Waals surface area contributed by atoms with Crippen molar-refractivity contribution in [1.29, 1.82) is 0 Å². The van der Waals surface area contributed by atoms with Gasteiger partial charge in [0.05, 0.1) is 0 Å². The molecule has 0 aliphatic carbocycles. The summed E-state index contributed by atoms with van der Waals surface area (Å²) in [7, 11) is 0. The zero-order chi connectivity index (χ0) is 11.3. The maximum Gasteiger partial charge on any atom is 0.257 e. The molecule has 1 unspecified atom stereocenters. The van der Waals surface area contributed by atoms with Gasteiger partial charge in [-0.15, -0.1) is 0 Å². The second-order valence-electron chi connectivity index (χ2n) is 3.34. The lowest BCUT2D eigenvalue weighted by atomic mass is 10.2. The van der Waals surface area contributed by atoms with E-state index < -0.39 is 0 Å². The van der Waals surface area contributed by atoms with Crippen LogP contribution < -0.4 is 10.0 Å². The predicted octanol–water partition coefficient (Wildman–Crippen LogP) is -0.179. The van der Waals surface area contributed by atoms with Crippen LogP contribution in [-0.2, 0) is 0 Å². The van der Waals surface area contributed by atoms with Crippen molar-refractivity contribution in [3.8, 4) is 0 Å². The summed E-state index contributed by atoms with van der Waals surface area (Å²) in [6, 6.07) is 2.97. The number of aliphatic hydroxyl groups is 1. The molecule has 1 rings (SSSR count). The average Bonchev–Trinajstić information content (AvgIpc) is 2.18. The van der Waals surface area contributed by atoms with Crippen molar-refractivity contribution in [2.24, 2.45) is 0 Å². The Balaban J connectivity index is 2.61. The third-order valence-electron chi connectivity index (χ3n) is 1.98. The summed E-state index contributed by atoms with van der Waals surface area (Å²) in [5, 5.41) is 22.2. The smallest absolute Gasteiger partial charge is 0.257 e. The van der Waals surface area contributed by atoms with E-state index in [1.54, 1.807) is 13.0 Å². The molecule has 0 saturated heterocycles. The summed E-state index contributed by atoms with van der Waals surface area (Å²) in [6.07, 6.45) is 3.02. The zero-order valence-electron chi connectivity index (χ0n) is 8.51. The number of carbonyl (C=O) groups is 1. The number of hydrogen-bond donors (Lipinski definition) is 2. The lowest BCUT2D eigenvalue weighted by Crippen LogP contribution is -2.35. The van der Waals surface area contributed by atoms with Crippen LogP contribution in [0.1, 0.15) is 23.7 Å². The Labute approximate surface area is 87.9 Å². The van der Waals surface area contributed by atoms with Gasteiger partial charge >= 0.3 is 0 Å². The van der Waals surface area contributed by atoms with Crippen molar-refractivity contribution >= 4 is 5.91 Å². The molecule has 82 valence electrons. The second-order valence-corrected chi connectivity index (χ2v) is 3.34. The highest BCUT2D eigenvalue weighted by molar-refractivity contribution is 5.93. The molecule has 0 aliphatic heterocycles. The molecule has 0 spiro atoms. The Morgan fingerprint density at radius 2 is 2.47 bits per heavy atom. The second kappa shape index (κ2) is 5.31. The molecule has 1 atom stereocenters. The van der Waals surface area contributed by atoms with Crippen LogP contribution in [0, 0.1) is 5.21 Å². The molecular formula is C10H14N2O3. The number of nitrogens with one attached hydrogen (secondary N) is 1. The first-order valence-electron chi connectivity index (χ1n) is 4.74. The summed E-state index contributed by atoms with van der Waals surface area (Å²) >= 11 is 0. The molecule has 0 radical (unpaired) electrons. The van der Waals surface area contributed by atoms with Gasteiger partial charge in [-0.2, -0.15) is 4.73 Å². The first kappa shape index (κ1) is 11.5. The van der Waals surface area contributed by atoms with Gasteiger partial charge in [0.15, 0.2) is 12.4 Å². The van der Waals surface area contributed by atoms with Gasteiger partial charge in [0.1, 0.15) is 5.56 Å². The van der Waals surface area contributed by atoms with E-state index in [9.17, 15) is 10.0 Å². The summed E-state index contributed by atoms with van der Waals surface area (Å²) in [5.74, 6) is -0.304. The maximum atomic E-state index is 11.5. The highest BCUT2D eigenvalue weighted by Crippen LogP contribution is 1.96. The fourth-order valence-corrected chi connectivity index (χ4v) is 1.16. The van der Waals surface area contributed by atoms with E-state index in [2.05, 4.69) is 5.32 Å². The molecule has 1 aromatic heterocycles. The number of aliphatic hydroxyl groups excluding tert-OH is 1. The van der Waals surface area contributed by atoms with Crippen LogP contribution >= 0.6 is 0 Å². The molecule has 0 aromatic carbocycles. The summed E-state index contributed by atoms with van der Waals surface area (Å²) in [4.78, 5) is 11.5. The summed E-state index contributed by atoms with van der Waals surface area (Å²) in [6.45, 7) is 1.82. The molecule has 0 aliphatic rings. The number of amides is 1. The first-order chi connectivity index (χ1) is 7.13. The lowest BCUT2D eigenvalue weighted by Gasteiger charge is -2.11. The van der Waals surface area contributed by atoms with Gasteiger partial charge in [-0.1, -0.05) is 0 Å². The van der Waals surface area contributed by atoms with Gasteiger partial charge in [-0.3, -0.25) is 4.79 Å². The molecule has 15 heavy (non-hydrogen) atoms. The normalized spacial score (nSPS) is 12.1. The van der Waals surface area contributed by atoms with Gasteiger partial charge in [-0.05, 0) is 19.4 Å². The van der Waals surface area contributed by atoms with Gasteiger partial charge < -0.3 is 15.6 Å². The van der Waals surface area contributed by atoms with Crippen LogP contribution in [0.3, 0.4) is 0 Å². The van der Waals surface area contributed by atoms with E-state index in [0.29, 0.717) is 16.7 Å². The van der Waals surface area contributed by atoms with Crippen LogP contribution in [0.5, 0.6) is 0 Å². The van der Waals surface area contributed by atoms with E-state index in [4.69, 9.17) is 5.11 Å². The van der Waals surface area contributed by atoms with Crippen LogP contribution in [0.4, 0.5) is 0 Å². The van der Waals surface area contributed by atoms with E-state index in [0.717, 1.165) is 0 Å². The number of aromatic nitrogens is 1. The Morgan fingerprint density at radius 1 is 1.73 bits per heavy atom. The van der Waals surface area contributed by atoms with Crippen molar-refractivity contribution in [2.75, 3.05) is 6.61 Å². The van der Waals surface area contributed by atoms with Crippen LogP contribution in [0.25, 0.3) is 0 Å². The van der Waals surface area contributed by atoms with Crippen molar-refractivity contribution in [3.63, 3.8) is 0 Å². The number of rotatable bonds is 4. The third kappa shape index (κ3) is 3.55. The lowest BCUT2D eigenvalue weighted by molar-refractivity contribution is -0.605. The van der Waals surface area contributed by atoms with E-state index in [-0.39, 0.29) is 18.6 Å². The van der Waals surface area contributed by atoms with Crippen molar-refractivity contribution in [1.82, 2.24) is 5.32 Å². The molecule has 0 saturated carbocycles. The zero-order valence-corrected chi connectivity index (χ0v) is 8.51. The monoisotopic (exact) mass is 210 g/mol. The van der Waals surface area contributed by atoms with Gasteiger partial charge in [0.25, 0.3) is 5.91 Å². The molecule has 1 aromatic rings. The minimum atomic E-state index is -0.304. The van der Waals surface area contributed by atoms with Crippen molar-refractivity contribution in [2.45, 2.75) is 19.4 Å². The standard InChI is InChI=1S/C10H14N2O3/c1-8(4-6-13)11-10(14)9-3-2-5-12(15)7-9/h2-3,5,7-8,13H,4,6H2,1H3,(H,11,14). The van der Waals surface area contributed by atoms with Crippen molar-refractivity contribution < 1.29 is 14.6 Å². The predicted molar refractivity (Wildman–Crippen MR) is 54.0 cm³/mol. The largest absolute Gasteiger partial charge is 0.619 e. The molecular weight excluding hydrogens is 196 g/mol. The van der Waals surface area contributed by atoms with Crippen LogP contribution in [0.2, 0.25) is 0 Å². The highest BCUT2D eigenvalue weighted by Gasteiger charge is 2.11. The van der Waals surface area contributed by atoms with Crippen LogP contribution in [-0.4, -0.2) is 23.7 Å². The van der Waals surface area contributed by atoms with E-state index in [1.807, 2.05) is 0 Å². The summed E-state index contributed by atoms with van der Waals surface area (Å²) < 4.78 is 0.575. The van der Waals surface area contributed by atoms with Crippen LogP contribution in [0.15, 0.2) is 24.5 Å². The maximum absolute atomic E-state index is 11.5. The molecule has 2 N–H and O–H groups in total. The van der Waals surface area contributed by atoms with E-state index >= 15 is 0 Å².